The fourth-order valence-electron chi connectivity index (χ4n) is 4.44. The number of nitrogens with one attached hydrogen (secondary N) is 1. The number of aromatic amines is 1. The largest absolute Gasteiger partial charge is 0.370 e. The molecule has 0 saturated heterocycles. The molecule has 2 aromatic carbocycles. The lowest BCUT2D eigenvalue weighted by molar-refractivity contribution is -0.118. The van der Waals surface area contributed by atoms with E-state index >= 15 is 0 Å². The first-order valence-corrected chi connectivity index (χ1v) is 11.0. The minimum absolute atomic E-state index is 0.185. The number of primary amides is 1. The zero-order chi connectivity index (χ0) is 20.6. The number of amides is 1. The van der Waals surface area contributed by atoms with Gasteiger partial charge in [-0.25, -0.2) is 0 Å². The summed E-state index contributed by atoms with van der Waals surface area (Å²) in [5, 5.41) is 1.34. The normalized spacial score (nSPS) is 13.4. The highest BCUT2D eigenvalue weighted by Gasteiger charge is 2.19. The van der Waals surface area contributed by atoms with Crippen LogP contribution in [0.5, 0.6) is 0 Å². The molecule has 3 heteroatoms. The molecule has 3 rings (SSSR count). The Morgan fingerprint density at radius 3 is 2.62 bits per heavy atom. The summed E-state index contributed by atoms with van der Waals surface area (Å²) in [6.45, 7) is 4.53. The molecule has 0 spiro atoms. The van der Waals surface area contributed by atoms with Gasteiger partial charge in [-0.15, -0.1) is 0 Å². The van der Waals surface area contributed by atoms with Gasteiger partial charge in [0.2, 0.25) is 5.91 Å². The first kappa shape index (κ1) is 21.2. The van der Waals surface area contributed by atoms with Crippen LogP contribution in [-0.2, 0) is 4.79 Å². The number of fused-ring (bicyclic) bond motifs is 1. The van der Waals surface area contributed by atoms with E-state index in [-0.39, 0.29) is 5.91 Å². The number of para-hydroxylation sites is 1. The summed E-state index contributed by atoms with van der Waals surface area (Å²) in [4.78, 5) is 14.3. The van der Waals surface area contributed by atoms with Crippen LogP contribution in [0.15, 0.2) is 54.7 Å². The lowest BCUT2D eigenvalue weighted by atomic mass is 9.82. The number of nitrogens with two attached hydrogens (primary N) is 1. The predicted octanol–water partition coefficient (Wildman–Crippen LogP) is 6.58. The van der Waals surface area contributed by atoms with E-state index in [1.165, 1.54) is 40.4 Å². The number of rotatable bonds is 11. The SMILES string of the molecule is Cc1cccc(C(CCCCCCC(N)=O)CC(C)c2c[nH]c3ccccc23)c1. The number of carbonyl (C=O) groups excluding carboxylic acids is 1. The van der Waals surface area contributed by atoms with E-state index in [4.69, 9.17) is 5.73 Å². The zero-order valence-corrected chi connectivity index (χ0v) is 17.8. The minimum Gasteiger partial charge on any atom is -0.370 e. The second-order valence-corrected chi connectivity index (χ2v) is 8.46. The number of benzene rings is 2. The van der Waals surface area contributed by atoms with Crippen LogP contribution in [0.25, 0.3) is 10.9 Å². The van der Waals surface area contributed by atoms with Crippen molar-refractivity contribution in [2.24, 2.45) is 5.73 Å². The number of aryl methyl sites for hydroxylation is 1. The fraction of sp³-hybridized carbons (Fsp3) is 0.423. The molecule has 0 fully saturated rings. The van der Waals surface area contributed by atoms with Gasteiger partial charge in [-0.2, -0.15) is 0 Å². The van der Waals surface area contributed by atoms with Crippen LogP contribution >= 0.6 is 0 Å². The predicted molar refractivity (Wildman–Crippen MR) is 122 cm³/mol. The number of H-pyrrole nitrogens is 1. The van der Waals surface area contributed by atoms with Gasteiger partial charge in [0, 0.05) is 23.5 Å². The third-order valence-electron chi connectivity index (χ3n) is 6.03. The maximum Gasteiger partial charge on any atom is 0.217 e. The van der Waals surface area contributed by atoms with Gasteiger partial charge in [-0.05, 0) is 55.2 Å². The van der Waals surface area contributed by atoms with Gasteiger partial charge < -0.3 is 10.7 Å². The third kappa shape index (κ3) is 5.96. The molecule has 0 aliphatic carbocycles. The Morgan fingerprint density at radius 2 is 1.83 bits per heavy atom. The Balaban J connectivity index is 1.67. The highest BCUT2D eigenvalue weighted by molar-refractivity contribution is 5.83. The molecule has 1 heterocycles. The summed E-state index contributed by atoms with van der Waals surface area (Å²) in [5.74, 6) is 0.858. The van der Waals surface area contributed by atoms with Crippen molar-refractivity contribution in [1.29, 1.82) is 0 Å². The second-order valence-electron chi connectivity index (χ2n) is 8.46. The molecule has 0 bridgehead atoms. The Hall–Kier alpha value is -2.55. The van der Waals surface area contributed by atoms with Gasteiger partial charge in [0.1, 0.15) is 0 Å². The number of hydrogen-bond acceptors (Lipinski definition) is 1. The zero-order valence-electron chi connectivity index (χ0n) is 17.8. The highest BCUT2D eigenvalue weighted by atomic mass is 16.1. The third-order valence-corrected chi connectivity index (χ3v) is 6.03. The fourth-order valence-corrected chi connectivity index (χ4v) is 4.44. The van der Waals surface area contributed by atoms with Crippen LogP contribution in [0.1, 0.15) is 80.4 Å². The average molecular weight is 391 g/mol. The van der Waals surface area contributed by atoms with Crippen LogP contribution in [0.4, 0.5) is 0 Å². The summed E-state index contributed by atoms with van der Waals surface area (Å²) in [5.41, 5.74) is 10.7. The van der Waals surface area contributed by atoms with Crippen molar-refractivity contribution in [2.75, 3.05) is 0 Å². The molecule has 0 aliphatic rings. The number of unbranched alkanes of at least 4 members (excludes halogenated alkanes) is 3. The highest BCUT2D eigenvalue weighted by Crippen LogP contribution is 2.36. The first-order chi connectivity index (χ1) is 14.0. The molecule has 3 nitrogen and oxygen atoms in total. The van der Waals surface area contributed by atoms with E-state index in [9.17, 15) is 4.79 Å². The Bertz CT molecular complexity index is 927. The van der Waals surface area contributed by atoms with Gasteiger partial charge in [-0.3, -0.25) is 4.79 Å². The maximum atomic E-state index is 10.9. The van der Waals surface area contributed by atoms with Gasteiger partial charge in [0.05, 0.1) is 0 Å². The lowest BCUT2D eigenvalue weighted by Gasteiger charge is -2.22. The molecule has 0 aliphatic heterocycles. The molecule has 154 valence electrons. The number of hydrogen-bond donors (Lipinski definition) is 2. The summed E-state index contributed by atoms with van der Waals surface area (Å²) in [6.07, 6.45) is 9.39. The quantitative estimate of drug-likeness (QED) is 0.357. The second kappa shape index (κ2) is 10.3. The molecule has 29 heavy (non-hydrogen) atoms. The van der Waals surface area contributed by atoms with E-state index in [1.807, 2.05) is 0 Å². The van der Waals surface area contributed by atoms with Crippen LogP contribution < -0.4 is 5.73 Å². The van der Waals surface area contributed by atoms with Crippen molar-refractivity contribution in [3.63, 3.8) is 0 Å². The maximum absolute atomic E-state index is 10.9. The summed E-state index contributed by atoms with van der Waals surface area (Å²) >= 11 is 0. The Labute approximate surface area is 174 Å². The molecule has 3 aromatic rings. The van der Waals surface area contributed by atoms with Crippen molar-refractivity contribution in [2.45, 2.75) is 70.6 Å². The van der Waals surface area contributed by atoms with Crippen molar-refractivity contribution in [3.05, 3.63) is 71.4 Å². The van der Waals surface area contributed by atoms with E-state index in [1.54, 1.807) is 0 Å². The lowest BCUT2D eigenvalue weighted by Crippen LogP contribution is -2.09. The molecule has 1 amide bonds. The number of aromatic nitrogens is 1. The van der Waals surface area contributed by atoms with Crippen molar-refractivity contribution < 1.29 is 4.79 Å². The molecule has 0 radical (unpaired) electrons. The molecule has 0 saturated carbocycles. The molecule has 2 atom stereocenters. The first-order valence-electron chi connectivity index (χ1n) is 11.0. The molecular weight excluding hydrogens is 356 g/mol. The standard InChI is InChI=1S/C26H34N2O/c1-19-10-9-12-21(16-19)22(11-5-3-4-6-15-26(27)29)17-20(2)24-18-28-25-14-8-7-13-23(24)25/h7-10,12-14,16,18,20,22,28H,3-6,11,15,17H2,1-2H3,(H2,27,29). The van der Waals surface area contributed by atoms with E-state index < -0.39 is 0 Å². The van der Waals surface area contributed by atoms with Crippen LogP contribution in [0.2, 0.25) is 0 Å². The topological polar surface area (TPSA) is 58.9 Å². The van der Waals surface area contributed by atoms with Crippen LogP contribution in [0.3, 0.4) is 0 Å². The molecule has 1 aromatic heterocycles. The van der Waals surface area contributed by atoms with Crippen molar-refractivity contribution in [3.8, 4) is 0 Å². The van der Waals surface area contributed by atoms with Crippen LogP contribution in [-0.4, -0.2) is 10.9 Å². The number of carbonyl (C=O) groups is 1. The van der Waals surface area contributed by atoms with E-state index in [0.717, 1.165) is 25.7 Å². The summed E-state index contributed by atoms with van der Waals surface area (Å²) in [7, 11) is 0. The van der Waals surface area contributed by atoms with Crippen molar-refractivity contribution >= 4 is 16.8 Å². The molecule has 3 N–H and O–H groups in total. The summed E-state index contributed by atoms with van der Waals surface area (Å²) in [6, 6.07) is 17.6. The Morgan fingerprint density at radius 1 is 1.03 bits per heavy atom. The minimum atomic E-state index is -0.185. The smallest absolute Gasteiger partial charge is 0.217 e. The van der Waals surface area contributed by atoms with Gasteiger partial charge >= 0.3 is 0 Å². The monoisotopic (exact) mass is 390 g/mol. The van der Waals surface area contributed by atoms with Gasteiger partial charge in [0.15, 0.2) is 0 Å². The van der Waals surface area contributed by atoms with Gasteiger partial charge in [-0.1, -0.05) is 74.2 Å². The molecular formula is C26H34N2O. The van der Waals surface area contributed by atoms with Crippen LogP contribution in [0, 0.1) is 6.92 Å². The van der Waals surface area contributed by atoms with Crippen molar-refractivity contribution in [1.82, 2.24) is 4.98 Å². The van der Waals surface area contributed by atoms with Gasteiger partial charge in [0.25, 0.3) is 0 Å². The Kier molecular flexibility index (Phi) is 7.51. The van der Waals surface area contributed by atoms with E-state index in [2.05, 4.69) is 73.6 Å². The van der Waals surface area contributed by atoms with E-state index in [0.29, 0.717) is 18.3 Å². The average Bonchev–Trinajstić information content (AvgIpc) is 3.13. The molecule has 2 unspecified atom stereocenters. The summed E-state index contributed by atoms with van der Waals surface area (Å²) < 4.78 is 0.